The smallest absolute Gasteiger partial charge is 0.407 e. The van der Waals surface area contributed by atoms with Crippen molar-refractivity contribution in [3.05, 3.63) is 47.6 Å². The third-order valence-corrected chi connectivity index (χ3v) is 18.1. The Labute approximate surface area is 548 Å². The first-order valence-corrected chi connectivity index (χ1v) is 33.7. The van der Waals surface area contributed by atoms with Crippen molar-refractivity contribution in [2.24, 2.45) is 35.5 Å². The van der Waals surface area contributed by atoms with Crippen LogP contribution in [0.15, 0.2) is 47.6 Å². The van der Waals surface area contributed by atoms with Crippen LogP contribution in [0.3, 0.4) is 0 Å². The molecule has 3 N–H and O–H groups in total. The van der Waals surface area contributed by atoms with Gasteiger partial charge in [0.25, 0.3) is 11.7 Å². The summed E-state index contributed by atoms with van der Waals surface area (Å²) in [6, 6.07) is -1.13. The fourth-order valence-electron chi connectivity index (χ4n) is 12.5. The molecule has 1 aliphatic carbocycles. The number of carbonyl (C=O) groups excluding carboxylic acids is 5. The number of nitrogens with zero attached hydrogens (tertiary/aromatic N) is 1. The molecule has 0 aromatic rings. The lowest BCUT2D eigenvalue weighted by atomic mass is 9.78. The number of ketones is 2. The molecule has 3 heterocycles. The molecule has 1 saturated carbocycles. The number of esters is 1. The first-order chi connectivity index (χ1) is 44.2. The molecule has 3 aliphatic heterocycles. The number of carbonyl (C=O) groups is 5. The van der Waals surface area contributed by atoms with E-state index in [9.17, 15) is 34.2 Å². The van der Waals surface area contributed by atoms with Crippen molar-refractivity contribution in [1.82, 2.24) is 10.2 Å². The number of allylic oxidation sites excluding steroid dienone is 5. The van der Waals surface area contributed by atoms with Crippen LogP contribution in [0, 0.1) is 35.5 Å². The van der Waals surface area contributed by atoms with E-state index in [4.69, 9.17) is 66.3 Å². The summed E-state index contributed by atoms with van der Waals surface area (Å²) in [5.41, 5.74) is 1.39. The Hall–Kier alpha value is -4.05. The van der Waals surface area contributed by atoms with Crippen molar-refractivity contribution in [2.45, 2.75) is 193 Å². The van der Waals surface area contributed by atoms with E-state index in [0.717, 1.165) is 5.57 Å². The topological polar surface area (TPSA) is 270 Å². The highest BCUT2D eigenvalue weighted by Crippen LogP contribution is 2.38. The average molecular weight is 1310 g/mol. The molecule has 92 heavy (non-hydrogen) atoms. The molecule has 0 unspecified atom stereocenters. The summed E-state index contributed by atoms with van der Waals surface area (Å²) in [6.07, 6.45) is 10.8. The van der Waals surface area contributed by atoms with Gasteiger partial charge in [0.2, 0.25) is 5.79 Å². The lowest BCUT2D eigenvalue weighted by Crippen LogP contribution is -2.61. The summed E-state index contributed by atoms with van der Waals surface area (Å²) in [7, 11) is 6.16. The van der Waals surface area contributed by atoms with E-state index in [1.165, 1.54) is 12.0 Å². The van der Waals surface area contributed by atoms with Gasteiger partial charge in [-0.1, -0.05) is 71.1 Å². The molecule has 528 valence electrons. The Morgan fingerprint density at radius 2 is 1.29 bits per heavy atom. The lowest BCUT2D eigenvalue weighted by molar-refractivity contribution is -0.265. The van der Waals surface area contributed by atoms with Gasteiger partial charge in [0.05, 0.1) is 110 Å². The minimum absolute atomic E-state index is 0.0190. The Kier molecular flexibility index (Phi) is 39.0. The minimum Gasteiger partial charge on any atom is -0.460 e. The highest BCUT2D eigenvalue weighted by atomic mass is 16.6. The predicted octanol–water partition coefficient (Wildman–Crippen LogP) is 7.50. The van der Waals surface area contributed by atoms with Crippen LogP contribution >= 0.6 is 0 Å². The van der Waals surface area contributed by atoms with E-state index >= 15 is 0 Å². The number of Topliss-reactive ketones (excluding diaryl/α,β-unsaturated/α-hetero) is 2. The minimum atomic E-state index is -2.44. The van der Waals surface area contributed by atoms with Crippen molar-refractivity contribution in [2.75, 3.05) is 134 Å². The molecule has 2 bridgehead atoms. The van der Waals surface area contributed by atoms with Gasteiger partial charge in [-0.15, -0.1) is 0 Å². The first-order valence-electron chi connectivity index (χ1n) is 33.7. The quantitative estimate of drug-likeness (QED) is 0.0272. The van der Waals surface area contributed by atoms with Crippen LogP contribution in [-0.2, 0) is 85.5 Å². The van der Waals surface area contributed by atoms with Crippen molar-refractivity contribution < 1.29 is 101 Å². The second kappa shape index (κ2) is 44.6. The van der Waals surface area contributed by atoms with Crippen molar-refractivity contribution in [3.63, 3.8) is 0 Å². The van der Waals surface area contributed by atoms with Gasteiger partial charge in [0.1, 0.15) is 30.5 Å². The van der Waals surface area contributed by atoms with Crippen LogP contribution in [0.5, 0.6) is 0 Å². The van der Waals surface area contributed by atoms with Gasteiger partial charge in [0, 0.05) is 78.7 Å². The lowest BCUT2D eigenvalue weighted by Gasteiger charge is -2.43. The highest BCUT2D eigenvalue weighted by Gasteiger charge is 2.53. The SMILES string of the molecule is CCOCCOCCOCCOCCOCCOCCOCCNC(=O)O[C@@H]1CC[C@@H](C[C@@H](C)[C@@H]2C[C@@H](OC)[C@H](C)/C=C(\C)[C@@H](O)[C@@H](OC)C(=O)[C@H](C)C[C@H](C)/C=C/C=C/C=C(\C)[C@@H](OC)C[C@@H]3CC[C@@H](C)[C@@](O)(O3)C(=O)C(=O)N3CCCC[C@H]3C(=O)O2)C[C@H]1OC. The van der Waals surface area contributed by atoms with Crippen LogP contribution in [0.4, 0.5) is 4.79 Å². The Bertz CT molecular complexity index is 2270. The van der Waals surface area contributed by atoms with Crippen LogP contribution in [0.25, 0.3) is 0 Å². The van der Waals surface area contributed by atoms with Crippen LogP contribution in [0.1, 0.15) is 132 Å². The third-order valence-electron chi connectivity index (χ3n) is 18.1. The second-order valence-corrected chi connectivity index (χ2v) is 25.2. The van der Waals surface area contributed by atoms with Crippen molar-refractivity contribution in [1.29, 1.82) is 0 Å². The Balaban J connectivity index is 1.40. The van der Waals surface area contributed by atoms with Gasteiger partial charge in [-0.3, -0.25) is 14.4 Å². The Morgan fingerprint density at radius 3 is 1.88 bits per heavy atom. The number of hydrogen-bond donors (Lipinski definition) is 3. The molecular formula is C69H116N2O21. The summed E-state index contributed by atoms with van der Waals surface area (Å²) in [5, 5.41) is 26.6. The number of nitrogens with one attached hydrogen (secondary N) is 1. The number of amides is 2. The number of aliphatic hydroxyl groups is 2. The average Bonchev–Trinajstić information content (AvgIpc) is 0.793. The third kappa shape index (κ3) is 27.6. The summed E-state index contributed by atoms with van der Waals surface area (Å²) >= 11 is 0. The summed E-state index contributed by atoms with van der Waals surface area (Å²) in [6.45, 7) is 21.9. The monoisotopic (exact) mass is 1310 g/mol. The molecule has 3 fully saturated rings. The summed E-state index contributed by atoms with van der Waals surface area (Å²) in [5.74, 6) is -7.21. The zero-order chi connectivity index (χ0) is 67.4. The van der Waals surface area contributed by atoms with Crippen LogP contribution in [-0.4, -0.2) is 239 Å². The van der Waals surface area contributed by atoms with E-state index in [0.29, 0.717) is 156 Å². The molecule has 0 spiro atoms. The highest BCUT2D eigenvalue weighted by molar-refractivity contribution is 6.39. The van der Waals surface area contributed by atoms with Gasteiger partial charge in [-0.05, 0) is 114 Å². The predicted molar refractivity (Wildman–Crippen MR) is 345 cm³/mol. The van der Waals surface area contributed by atoms with Crippen molar-refractivity contribution in [3.8, 4) is 0 Å². The zero-order valence-electron chi connectivity index (χ0n) is 57.5. The Morgan fingerprint density at radius 1 is 0.685 bits per heavy atom. The van der Waals surface area contributed by atoms with E-state index in [2.05, 4.69) is 5.32 Å². The second-order valence-electron chi connectivity index (χ2n) is 25.2. The van der Waals surface area contributed by atoms with Gasteiger partial charge in [-0.2, -0.15) is 0 Å². The molecule has 16 atom stereocenters. The van der Waals surface area contributed by atoms with Gasteiger partial charge >= 0.3 is 12.1 Å². The molecule has 0 radical (unpaired) electrons. The fourth-order valence-corrected chi connectivity index (χ4v) is 12.5. The fraction of sp³-hybridized carbons (Fsp3) is 0.812. The molecule has 2 saturated heterocycles. The van der Waals surface area contributed by atoms with E-state index < -0.39 is 96.2 Å². The normalized spacial score (nSPS) is 32.7. The number of hydrogen-bond acceptors (Lipinski definition) is 21. The van der Waals surface area contributed by atoms with Gasteiger partial charge in [0.15, 0.2) is 5.78 Å². The maximum absolute atomic E-state index is 14.8. The van der Waals surface area contributed by atoms with E-state index in [-0.39, 0.29) is 62.0 Å². The number of fused-ring (bicyclic) bond motifs is 3. The molecule has 23 heteroatoms. The molecule has 4 rings (SSSR count). The molecule has 0 aromatic carbocycles. The molecule has 4 aliphatic rings. The van der Waals surface area contributed by atoms with Crippen molar-refractivity contribution >= 4 is 29.5 Å². The zero-order valence-corrected chi connectivity index (χ0v) is 57.5. The number of alkyl carbamates (subject to hydrolysis) is 1. The first kappa shape index (κ1) is 80.4. The summed E-state index contributed by atoms with van der Waals surface area (Å²) < 4.78 is 80.8. The van der Waals surface area contributed by atoms with Gasteiger partial charge < -0.3 is 86.7 Å². The largest absolute Gasteiger partial charge is 0.460 e. The standard InChI is InChI=1S/C69H116N2O21/c1-13-83-29-30-85-33-34-87-37-38-89-40-39-88-36-35-86-32-31-84-28-26-70-68(77)91-57-25-23-54(44-61(57)81-11)43-50(5)60-46-59(80-10)49(4)42-52(7)63(73)64(82-12)62(72)51(6)41-47(2)19-15-14-16-20-48(3)58(79-9)45-55-24-22-53(8)69(78,92-55)65(74)66(75)71-27-18-17-21-56(71)67(76)90-60/h14-16,19-20,42,47,49-51,53-61,63-64,73,78H,13,17-18,21-41,43-46H2,1-12H3,(H,70,77)/b16-14+,19-15+,48-20+,52-42+/t47-,49-,50-,51-,53-,54+,55+,56+,57-,58+,59-,60+,61-,63-,64+,69-/m1/s1. The van der Waals surface area contributed by atoms with Crippen LogP contribution in [0.2, 0.25) is 0 Å². The molecular weight excluding hydrogens is 1190 g/mol. The van der Waals surface area contributed by atoms with E-state index in [1.807, 2.05) is 78.0 Å². The number of aliphatic hydroxyl groups excluding tert-OH is 1. The van der Waals surface area contributed by atoms with Crippen LogP contribution < -0.4 is 5.32 Å². The summed E-state index contributed by atoms with van der Waals surface area (Å²) in [4.78, 5) is 72.1. The number of ether oxygens (including phenoxy) is 14. The molecule has 23 nitrogen and oxygen atoms in total. The maximum atomic E-state index is 14.8. The molecule has 2 amide bonds. The number of piperidine rings is 1. The maximum Gasteiger partial charge on any atom is 0.407 e. The number of cyclic esters (lactones) is 1. The number of methoxy groups -OCH3 is 4. The number of rotatable bonds is 30. The van der Waals surface area contributed by atoms with E-state index in [1.54, 1.807) is 35.2 Å². The molecule has 0 aromatic heterocycles. The van der Waals surface area contributed by atoms with Gasteiger partial charge in [-0.25, -0.2) is 9.59 Å².